The molecule has 0 aliphatic heterocycles. The van der Waals surface area contributed by atoms with Gasteiger partial charge in [0.15, 0.2) is 6.19 Å². The molecule has 0 radical (unpaired) electrons. The summed E-state index contributed by atoms with van der Waals surface area (Å²) >= 11 is 0. The molecule has 0 amide bonds. The first-order valence-corrected chi connectivity index (χ1v) is 6.06. The van der Waals surface area contributed by atoms with Gasteiger partial charge in [0.2, 0.25) is 5.96 Å². The molecule has 0 aliphatic carbocycles. The summed E-state index contributed by atoms with van der Waals surface area (Å²) in [5.41, 5.74) is 5.37. The predicted molar refractivity (Wildman–Crippen MR) is 72.1 cm³/mol. The number of nitrogens with zero attached hydrogens (tertiary/aromatic N) is 3. The first-order chi connectivity index (χ1) is 8.70. The van der Waals surface area contributed by atoms with Crippen LogP contribution in [-0.2, 0) is 4.74 Å². The molecule has 104 valence electrons. The van der Waals surface area contributed by atoms with Crippen LogP contribution in [0, 0.1) is 11.5 Å². The summed E-state index contributed by atoms with van der Waals surface area (Å²) in [6, 6.07) is 0. The second kappa shape index (κ2) is 12.1. The van der Waals surface area contributed by atoms with Crippen LogP contribution >= 0.6 is 0 Å². The molecule has 0 atom stereocenters. The van der Waals surface area contributed by atoms with Crippen LogP contribution in [-0.4, -0.2) is 64.3 Å². The van der Waals surface area contributed by atoms with E-state index in [1.54, 1.807) is 0 Å². The minimum absolute atomic E-state index is 0.474. The van der Waals surface area contributed by atoms with Crippen molar-refractivity contribution in [2.24, 2.45) is 10.7 Å². The van der Waals surface area contributed by atoms with Crippen molar-refractivity contribution < 1.29 is 4.74 Å². The number of nitrogens with two attached hydrogens (primary N) is 1. The normalized spacial score (nSPS) is 11.4. The molecule has 0 rings (SSSR count). The van der Waals surface area contributed by atoms with Gasteiger partial charge in [0.1, 0.15) is 0 Å². The number of hydrogen-bond donors (Lipinski definition) is 3. The largest absolute Gasteiger partial charge is 0.378 e. The number of likely N-dealkylation sites (N-methyl/N-ethyl adjacent to an activating group) is 1. The van der Waals surface area contributed by atoms with Crippen molar-refractivity contribution in [1.29, 1.82) is 5.26 Å². The number of guanidine groups is 1. The minimum Gasteiger partial charge on any atom is -0.378 e. The van der Waals surface area contributed by atoms with E-state index < -0.39 is 0 Å². The standard InChI is InChI=1S/C11H24N6O/c1-17(2)7-9-18-8-6-15-11(16-10-13)14-5-3-4-12/h3-9,12H2,1-2H3,(H2,14,15,16). The molecule has 0 unspecified atom stereocenters. The van der Waals surface area contributed by atoms with E-state index in [1.165, 1.54) is 0 Å². The molecule has 0 saturated heterocycles. The van der Waals surface area contributed by atoms with Crippen LogP contribution in [0.4, 0.5) is 0 Å². The second-order valence-corrected chi connectivity index (χ2v) is 3.95. The van der Waals surface area contributed by atoms with Crippen LogP contribution in [0.3, 0.4) is 0 Å². The second-order valence-electron chi connectivity index (χ2n) is 3.95. The Hall–Kier alpha value is -1.36. The van der Waals surface area contributed by atoms with Crippen LogP contribution in [0.1, 0.15) is 6.42 Å². The van der Waals surface area contributed by atoms with Crippen LogP contribution in [0.15, 0.2) is 4.99 Å². The summed E-state index contributed by atoms with van der Waals surface area (Å²) in [5.74, 6) is 0.474. The van der Waals surface area contributed by atoms with E-state index in [1.807, 2.05) is 20.3 Å². The smallest absolute Gasteiger partial charge is 0.204 e. The highest BCUT2D eigenvalue weighted by Gasteiger charge is 1.96. The lowest BCUT2D eigenvalue weighted by molar-refractivity contribution is 0.122. The first kappa shape index (κ1) is 16.6. The maximum atomic E-state index is 8.55. The Morgan fingerprint density at radius 3 is 2.83 bits per heavy atom. The van der Waals surface area contributed by atoms with Crippen molar-refractivity contribution >= 4 is 5.96 Å². The van der Waals surface area contributed by atoms with Crippen LogP contribution in [0.25, 0.3) is 0 Å². The minimum atomic E-state index is 0.474. The summed E-state index contributed by atoms with van der Waals surface area (Å²) in [5, 5.41) is 14.0. The summed E-state index contributed by atoms with van der Waals surface area (Å²) in [6.45, 7) is 3.99. The Morgan fingerprint density at radius 1 is 1.44 bits per heavy atom. The Balaban J connectivity index is 3.64. The molecule has 0 aliphatic rings. The molecular formula is C11H24N6O. The molecule has 18 heavy (non-hydrogen) atoms. The zero-order valence-corrected chi connectivity index (χ0v) is 11.3. The number of nitrogens with one attached hydrogen (secondary N) is 2. The van der Waals surface area contributed by atoms with Gasteiger partial charge in [0.25, 0.3) is 0 Å². The Morgan fingerprint density at radius 2 is 2.22 bits per heavy atom. The molecule has 0 saturated carbocycles. The monoisotopic (exact) mass is 256 g/mol. The van der Waals surface area contributed by atoms with Crippen LogP contribution < -0.4 is 16.4 Å². The van der Waals surface area contributed by atoms with Crippen molar-refractivity contribution in [3.05, 3.63) is 0 Å². The van der Waals surface area contributed by atoms with Gasteiger partial charge in [-0.3, -0.25) is 10.3 Å². The molecule has 0 heterocycles. The Bertz CT molecular complexity index is 261. The van der Waals surface area contributed by atoms with Crippen molar-refractivity contribution in [2.45, 2.75) is 6.42 Å². The zero-order valence-electron chi connectivity index (χ0n) is 11.3. The summed E-state index contributed by atoms with van der Waals surface area (Å²) in [7, 11) is 4.00. The summed E-state index contributed by atoms with van der Waals surface area (Å²) in [6.07, 6.45) is 2.64. The van der Waals surface area contributed by atoms with Gasteiger partial charge in [0, 0.05) is 19.6 Å². The average Bonchev–Trinajstić information content (AvgIpc) is 2.33. The van der Waals surface area contributed by atoms with E-state index in [2.05, 4.69) is 20.5 Å². The van der Waals surface area contributed by atoms with E-state index in [9.17, 15) is 0 Å². The first-order valence-electron chi connectivity index (χ1n) is 6.06. The molecule has 7 nitrogen and oxygen atoms in total. The highest BCUT2D eigenvalue weighted by molar-refractivity contribution is 5.81. The van der Waals surface area contributed by atoms with Crippen molar-refractivity contribution in [3.63, 3.8) is 0 Å². The fraction of sp³-hybridized carbons (Fsp3) is 0.818. The van der Waals surface area contributed by atoms with Crippen LogP contribution in [0.5, 0.6) is 0 Å². The van der Waals surface area contributed by atoms with Gasteiger partial charge < -0.3 is 20.7 Å². The number of ether oxygens (including phenoxy) is 1. The SMILES string of the molecule is CN(C)CCOCCNC(=NCCCN)NC#N. The third-order valence-corrected chi connectivity index (χ3v) is 2.03. The maximum absolute atomic E-state index is 8.55. The van der Waals surface area contributed by atoms with Crippen LogP contribution in [0.2, 0.25) is 0 Å². The summed E-state index contributed by atoms with van der Waals surface area (Å²) < 4.78 is 5.41. The highest BCUT2D eigenvalue weighted by atomic mass is 16.5. The number of rotatable bonds is 9. The van der Waals surface area contributed by atoms with E-state index in [0.29, 0.717) is 38.8 Å². The van der Waals surface area contributed by atoms with Crippen molar-refractivity contribution in [1.82, 2.24) is 15.5 Å². The third kappa shape index (κ3) is 11.1. The van der Waals surface area contributed by atoms with Gasteiger partial charge in [-0.25, -0.2) is 0 Å². The summed E-state index contributed by atoms with van der Waals surface area (Å²) in [4.78, 5) is 6.24. The fourth-order valence-corrected chi connectivity index (χ4v) is 1.07. The molecule has 0 bridgehead atoms. The highest BCUT2D eigenvalue weighted by Crippen LogP contribution is 1.80. The van der Waals surface area contributed by atoms with Gasteiger partial charge >= 0.3 is 0 Å². The molecular weight excluding hydrogens is 232 g/mol. The lowest BCUT2D eigenvalue weighted by Crippen LogP contribution is -2.37. The molecule has 0 aromatic carbocycles. The van der Waals surface area contributed by atoms with Gasteiger partial charge in [-0.1, -0.05) is 0 Å². The Labute approximate surface area is 109 Å². The lowest BCUT2D eigenvalue weighted by Gasteiger charge is -2.11. The number of nitriles is 1. The van der Waals surface area contributed by atoms with E-state index in [0.717, 1.165) is 13.0 Å². The lowest BCUT2D eigenvalue weighted by atomic mass is 10.4. The average molecular weight is 256 g/mol. The molecule has 0 fully saturated rings. The molecule has 4 N–H and O–H groups in total. The van der Waals surface area contributed by atoms with Crippen molar-refractivity contribution in [3.8, 4) is 6.19 Å². The fourth-order valence-electron chi connectivity index (χ4n) is 1.07. The topological polar surface area (TPSA) is 98.7 Å². The third-order valence-electron chi connectivity index (χ3n) is 2.03. The van der Waals surface area contributed by atoms with Gasteiger partial charge in [-0.05, 0) is 27.1 Å². The van der Waals surface area contributed by atoms with Gasteiger partial charge in [-0.2, -0.15) is 5.26 Å². The Kier molecular flexibility index (Phi) is 11.2. The number of aliphatic imine (C=N–C) groups is 1. The quantitative estimate of drug-likeness (QED) is 0.160. The van der Waals surface area contributed by atoms with E-state index in [-0.39, 0.29) is 0 Å². The van der Waals surface area contributed by atoms with Gasteiger partial charge in [0.05, 0.1) is 13.2 Å². The van der Waals surface area contributed by atoms with E-state index in [4.69, 9.17) is 15.7 Å². The number of hydrogen-bond acceptors (Lipinski definition) is 5. The molecule has 0 aromatic rings. The predicted octanol–water partition coefficient (Wildman–Crippen LogP) is -1.07. The molecule has 7 heteroatoms. The van der Waals surface area contributed by atoms with E-state index >= 15 is 0 Å². The van der Waals surface area contributed by atoms with Crippen molar-refractivity contribution in [2.75, 3.05) is 53.5 Å². The molecule has 0 aromatic heterocycles. The molecule has 0 spiro atoms. The van der Waals surface area contributed by atoms with Gasteiger partial charge in [-0.15, -0.1) is 0 Å². The maximum Gasteiger partial charge on any atom is 0.204 e. The zero-order chi connectivity index (χ0) is 13.6.